The molecule has 0 atom stereocenters. The summed E-state index contributed by atoms with van der Waals surface area (Å²) in [4.78, 5) is 33.4. The Morgan fingerprint density at radius 2 is 1.94 bits per heavy atom. The molecular weight excluding hydrogens is 456 g/mol. The van der Waals surface area contributed by atoms with Crippen LogP contribution in [0.4, 0.5) is 0 Å². The van der Waals surface area contributed by atoms with E-state index < -0.39 is 0 Å². The minimum absolute atomic E-state index is 0.00470. The van der Waals surface area contributed by atoms with Crippen LogP contribution in [-0.2, 0) is 6.42 Å². The third-order valence-corrected chi connectivity index (χ3v) is 8.18. The van der Waals surface area contributed by atoms with E-state index >= 15 is 0 Å². The molecule has 0 radical (unpaired) electrons. The second-order valence-electron chi connectivity index (χ2n) is 8.24. The summed E-state index contributed by atoms with van der Waals surface area (Å²) in [5.74, 6) is 0.964. The van der Waals surface area contributed by atoms with E-state index in [1.54, 1.807) is 19.1 Å². The van der Waals surface area contributed by atoms with E-state index in [0.717, 1.165) is 54.1 Å². The number of Topliss-reactive ketones (excluding diaryl/α,β-unsaturated/α-hetero) is 1. The van der Waals surface area contributed by atoms with Crippen LogP contribution in [0.25, 0.3) is 10.4 Å². The van der Waals surface area contributed by atoms with Gasteiger partial charge in [-0.25, -0.2) is 0 Å². The number of ketones is 1. The third kappa shape index (κ3) is 4.32. The van der Waals surface area contributed by atoms with Crippen molar-refractivity contribution in [2.24, 2.45) is 4.99 Å². The summed E-state index contributed by atoms with van der Waals surface area (Å²) in [7, 11) is 0. The first-order valence-electron chi connectivity index (χ1n) is 11.0. The van der Waals surface area contributed by atoms with Gasteiger partial charge in [0.2, 0.25) is 0 Å². The van der Waals surface area contributed by atoms with Crippen molar-refractivity contribution >= 4 is 40.1 Å². The van der Waals surface area contributed by atoms with E-state index in [1.165, 1.54) is 22.7 Å². The van der Waals surface area contributed by atoms with Crippen LogP contribution in [0.1, 0.15) is 50.2 Å². The molecule has 1 fully saturated rings. The van der Waals surface area contributed by atoms with E-state index in [2.05, 4.69) is 11.1 Å². The number of hydrogen-bond donors (Lipinski definition) is 1. The summed E-state index contributed by atoms with van der Waals surface area (Å²) < 4.78 is 5.56. The van der Waals surface area contributed by atoms with Crippen molar-refractivity contribution in [2.75, 3.05) is 26.2 Å². The molecule has 5 rings (SSSR count). The van der Waals surface area contributed by atoms with Gasteiger partial charge in [0.1, 0.15) is 18.0 Å². The van der Waals surface area contributed by atoms with Crippen molar-refractivity contribution in [1.29, 1.82) is 0 Å². The fourth-order valence-corrected chi connectivity index (χ4v) is 6.08. The van der Waals surface area contributed by atoms with E-state index in [0.29, 0.717) is 27.6 Å². The number of amides is 1. The van der Waals surface area contributed by atoms with Crippen LogP contribution in [0.5, 0.6) is 11.5 Å². The number of carbonyl (C=O) groups is 2. The second-order valence-corrected chi connectivity index (χ2v) is 10.2. The Bertz CT molecular complexity index is 1250. The van der Waals surface area contributed by atoms with Crippen LogP contribution in [-0.4, -0.2) is 53.6 Å². The number of benzene rings is 1. The molecule has 0 bridgehead atoms. The Morgan fingerprint density at radius 1 is 1.15 bits per heavy atom. The Kier molecular flexibility index (Phi) is 6.03. The van der Waals surface area contributed by atoms with Gasteiger partial charge >= 0.3 is 0 Å². The fraction of sp³-hybridized carbons (Fsp3) is 0.320. The maximum Gasteiger partial charge on any atom is 0.263 e. The smallest absolute Gasteiger partial charge is 0.263 e. The Balaban J connectivity index is 1.28. The SMILES string of the molecule is CC(=NCC(=O)c1ccc(C(=O)N2CCCC2)s1)c1csc(-c2ccc3c(c2)CCO3)c1O. The summed E-state index contributed by atoms with van der Waals surface area (Å²) in [5.41, 5.74) is 3.34. The average Bonchev–Trinajstić information content (AvgIpc) is 3.62. The highest BCUT2D eigenvalue weighted by Gasteiger charge is 2.22. The van der Waals surface area contributed by atoms with E-state index in [1.807, 2.05) is 22.4 Å². The number of likely N-dealkylation sites (tertiary alicyclic amines) is 1. The molecule has 2 aliphatic heterocycles. The number of rotatable bonds is 6. The molecule has 0 aliphatic carbocycles. The van der Waals surface area contributed by atoms with Crippen LogP contribution >= 0.6 is 22.7 Å². The number of carbonyl (C=O) groups excluding carboxylic acids is 2. The zero-order chi connectivity index (χ0) is 22.9. The first kappa shape index (κ1) is 21.9. The highest BCUT2D eigenvalue weighted by atomic mass is 32.1. The van der Waals surface area contributed by atoms with E-state index in [9.17, 15) is 14.7 Å². The first-order chi connectivity index (χ1) is 16.0. The average molecular weight is 481 g/mol. The van der Waals surface area contributed by atoms with Crippen molar-refractivity contribution in [3.05, 3.63) is 56.6 Å². The van der Waals surface area contributed by atoms with Crippen molar-refractivity contribution < 1.29 is 19.4 Å². The van der Waals surface area contributed by atoms with Crippen LogP contribution in [0.2, 0.25) is 0 Å². The molecule has 1 N–H and O–H groups in total. The quantitative estimate of drug-likeness (QED) is 0.396. The number of aromatic hydroxyl groups is 1. The highest BCUT2D eigenvalue weighted by Crippen LogP contribution is 2.41. The minimum atomic E-state index is -0.131. The number of thiophene rings is 2. The molecule has 0 unspecified atom stereocenters. The number of aliphatic imine (C=N–C) groups is 1. The van der Waals surface area contributed by atoms with Crippen molar-refractivity contribution in [2.45, 2.75) is 26.2 Å². The van der Waals surface area contributed by atoms with Crippen molar-refractivity contribution in [3.63, 3.8) is 0 Å². The van der Waals surface area contributed by atoms with Crippen LogP contribution in [0.3, 0.4) is 0 Å². The molecule has 1 saturated heterocycles. The third-order valence-electron chi connectivity index (χ3n) is 6.05. The lowest BCUT2D eigenvalue weighted by Crippen LogP contribution is -2.26. The number of nitrogens with zero attached hydrogens (tertiary/aromatic N) is 2. The molecule has 6 nitrogen and oxygen atoms in total. The molecule has 2 aromatic heterocycles. The molecule has 2 aliphatic rings. The van der Waals surface area contributed by atoms with Crippen LogP contribution in [0.15, 0.2) is 40.7 Å². The molecule has 8 heteroatoms. The Morgan fingerprint density at radius 3 is 2.76 bits per heavy atom. The molecule has 1 amide bonds. The van der Waals surface area contributed by atoms with E-state index in [4.69, 9.17) is 4.74 Å². The molecule has 0 spiro atoms. The van der Waals surface area contributed by atoms with Crippen molar-refractivity contribution in [1.82, 2.24) is 4.90 Å². The van der Waals surface area contributed by atoms with Gasteiger partial charge in [-0.05, 0) is 61.2 Å². The van der Waals surface area contributed by atoms with Gasteiger partial charge in [-0.3, -0.25) is 14.6 Å². The molecule has 33 heavy (non-hydrogen) atoms. The van der Waals surface area contributed by atoms with Crippen LogP contribution in [0, 0.1) is 0 Å². The van der Waals surface area contributed by atoms with Gasteiger partial charge in [-0.1, -0.05) is 0 Å². The maximum absolute atomic E-state index is 12.7. The summed E-state index contributed by atoms with van der Waals surface area (Å²) in [6, 6.07) is 9.39. The molecule has 0 saturated carbocycles. The Hall–Kier alpha value is -2.97. The van der Waals surface area contributed by atoms with Crippen molar-refractivity contribution in [3.8, 4) is 21.9 Å². The molecular formula is C25H24N2O4S2. The molecule has 3 aromatic rings. The van der Waals surface area contributed by atoms with Gasteiger partial charge in [0.05, 0.1) is 21.2 Å². The summed E-state index contributed by atoms with van der Waals surface area (Å²) >= 11 is 2.69. The molecule has 170 valence electrons. The normalized spacial score (nSPS) is 15.5. The van der Waals surface area contributed by atoms with E-state index in [-0.39, 0.29) is 24.0 Å². The monoisotopic (exact) mass is 480 g/mol. The topological polar surface area (TPSA) is 79.2 Å². The lowest BCUT2D eigenvalue weighted by atomic mass is 10.1. The van der Waals surface area contributed by atoms with Gasteiger partial charge in [-0.15, -0.1) is 22.7 Å². The van der Waals surface area contributed by atoms with Gasteiger partial charge in [-0.2, -0.15) is 0 Å². The Labute approximate surface area is 200 Å². The number of ether oxygens (including phenoxy) is 1. The zero-order valence-electron chi connectivity index (χ0n) is 18.3. The summed E-state index contributed by atoms with van der Waals surface area (Å²) in [6.07, 6.45) is 2.95. The lowest BCUT2D eigenvalue weighted by molar-refractivity contribution is 0.0797. The highest BCUT2D eigenvalue weighted by molar-refractivity contribution is 7.16. The van der Waals surface area contributed by atoms with Gasteiger partial charge < -0.3 is 14.7 Å². The number of hydrogen-bond acceptors (Lipinski definition) is 7. The molecule has 1 aromatic carbocycles. The fourth-order valence-electron chi connectivity index (χ4n) is 4.17. The minimum Gasteiger partial charge on any atom is -0.506 e. The van der Waals surface area contributed by atoms with Gasteiger partial charge in [0, 0.05) is 36.2 Å². The maximum atomic E-state index is 12.7. The largest absolute Gasteiger partial charge is 0.506 e. The first-order valence-corrected chi connectivity index (χ1v) is 12.7. The summed E-state index contributed by atoms with van der Waals surface area (Å²) in [5, 5.41) is 12.7. The second kappa shape index (κ2) is 9.11. The van der Waals surface area contributed by atoms with Gasteiger partial charge in [0.15, 0.2) is 5.78 Å². The standard InChI is InChI=1S/C25H24N2O4S2/c1-15(18-14-32-24(23(18)29)17-4-5-20-16(12-17)8-11-31-20)26-13-19(28)21-6-7-22(33-21)25(30)27-9-2-3-10-27/h4-7,12,14,29H,2-3,8-11,13H2,1H3. The predicted octanol–water partition coefficient (Wildman–Crippen LogP) is 5.05. The van der Waals surface area contributed by atoms with Gasteiger partial charge in [0.25, 0.3) is 5.91 Å². The van der Waals surface area contributed by atoms with Crippen LogP contribution < -0.4 is 4.74 Å². The lowest BCUT2D eigenvalue weighted by Gasteiger charge is -2.13. The predicted molar refractivity (Wildman–Crippen MR) is 131 cm³/mol. The summed E-state index contributed by atoms with van der Waals surface area (Å²) in [6.45, 7) is 4.04. The molecule has 4 heterocycles. The zero-order valence-corrected chi connectivity index (χ0v) is 19.9. The number of fused-ring (bicyclic) bond motifs is 1.